The number of aromatic amines is 1. The molecule has 6 nitrogen and oxygen atoms in total. The minimum absolute atomic E-state index is 0.202. The van der Waals surface area contributed by atoms with Gasteiger partial charge in [-0.3, -0.25) is 14.6 Å². The van der Waals surface area contributed by atoms with E-state index in [1.54, 1.807) is 0 Å². The first kappa shape index (κ1) is 21.7. The molecule has 6 heteroatoms. The second-order valence-electron chi connectivity index (χ2n) is 10.4. The number of carbonyl (C=O) groups excluding carboxylic acids is 1. The van der Waals surface area contributed by atoms with Crippen molar-refractivity contribution in [1.82, 2.24) is 14.9 Å². The number of carbonyl (C=O) groups is 1. The molecule has 3 heterocycles. The minimum Gasteiger partial charge on any atom is -0.368 e. The van der Waals surface area contributed by atoms with Crippen LogP contribution in [0.5, 0.6) is 0 Å². The fourth-order valence-corrected chi connectivity index (χ4v) is 6.77. The maximum Gasteiger partial charge on any atom is 0.231 e. The Labute approximate surface area is 201 Å². The number of amides is 1. The lowest BCUT2D eigenvalue weighted by atomic mass is 9.95. The van der Waals surface area contributed by atoms with Crippen LogP contribution < -0.4 is 9.80 Å². The van der Waals surface area contributed by atoms with Crippen molar-refractivity contribution in [3.8, 4) is 0 Å². The number of piperazine rings is 1. The summed E-state index contributed by atoms with van der Waals surface area (Å²) in [4.78, 5) is 28.8. The van der Waals surface area contributed by atoms with Crippen molar-refractivity contribution in [3.63, 3.8) is 0 Å². The van der Waals surface area contributed by atoms with Gasteiger partial charge in [-0.15, -0.1) is 0 Å². The van der Waals surface area contributed by atoms with Crippen LogP contribution in [0.15, 0.2) is 54.9 Å². The van der Waals surface area contributed by atoms with E-state index in [0.717, 1.165) is 32.0 Å². The number of nitrogens with zero attached hydrogens (tertiary/aromatic N) is 4. The van der Waals surface area contributed by atoms with Crippen LogP contribution in [0.4, 0.5) is 11.5 Å². The molecule has 1 aliphatic heterocycles. The van der Waals surface area contributed by atoms with Crippen LogP contribution in [0.2, 0.25) is 0 Å². The lowest BCUT2D eigenvalue weighted by molar-refractivity contribution is -0.124. The van der Waals surface area contributed by atoms with Gasteiger partial charge in [0.1, 0.15) is 5.82 Å². The molecule has 178 valence electrons. The molecular weight excluding hydrogens is 422 g/mol. The third kappa shape index (κ3) is 3.88. The average molecular weight is 458 g/mol. The fourth-order valence-electron chi connectivity index (χ4n) is 6.77. The van der Waals surface area contributed by atoms with E-state index in [0.29, 0.717) is 24.3 Å². The number of aromatic nitrogens is 2. The van der Waals surface area contributed by atoms with Crippen molar-refractivity contribution in [2.24, 2.45) is 17.8 Å². The van der Waals surface area contributed by atoms with E-state index in [9.17, 15) is 4.79 Å². The van der Waals surface area contributed by atoms with Crippen molar-refractivity contribution in [3.05, 3.63) is 54.9 Å². The molecule has 3 fully saturated rings. The summed E-state index contributed by atoms with van der Waals surface area (Å²) in [5.41, 5.74) is 2.51. The molecule has 1 saturated heterocycles. The van der Waals surface area contributed by atoms with E-state index < -0.39 is 0 Å². The zero-order chi connectivity index (χ0) is 23.1. The predicted molar refractivity (Wildman–Crippen MR) is 137 cm³/mol. The van der Waals surface area contributed by atoms with E-state index in [2.05, 4.69) is 51.0 Å². The van der Waals surface area contributed by atoms with E-state index in [4.69, 9.17) is 0 Å². The summed E-state index contributed by atoms with van der Waals surface area (Å²) >= 11 is 0. The number of benzene rings is 1. The second-order valence-corrected chi connectivity index (χ2v) is 10.4. The SMILES string of the molecule is CC(CN(C(=O)C1C2CCC1CC2)c1ccccn1)N1CCN(c2cccc3[nH]ccc23)CC1. The van der Waals surface area contributed by atoms with Crippen LogP contribution in [0, 0.1) is 17.8 Å². The van der Waals surface area contributed by atoms with E-state index in [-0.39, 0.29) is 12.0 Å². The number of rotatable bonds is 6. The van der Waals surface area contributed by atoms with Gasteiger partial charge in [0.15, 0.2) is 0 Å². The topological polar surface area (TPSA) is 55.5 Å². The number of hydrogen-bond acceptors (Lipinski definition) is 4. The molecule has 2 aliphatic carbocycles. The monoisotopic (exact) mass is 457 g/mol. The number of anilines is 2. The van der Waals surface area contributed by atoms with Gasteiger partial charge in [0, 0.05) is 73.7 Å². The van der Waals surface area contributed by atoms with Crippen molar-refractivity contribution in [2.75, 3.05) is 42.5 Å². The molecule has 2 saturated carbocycles. The molecule has 2 bridgehead atoms. The number of pyridine rings is 1. The third-order valence-electron chi connectivity index (χ3n) is 8.61. The van der Waals surface area contributed by atoms with Gasteiger partial charge >= 0.3 is 0 Å². The predicted octanol–water partition coefficient (Wildman–Crippen LogP) is 4.54. The number of H-pyrrole nitrogens is 1. The van der Waals surface area contributed by atoms with Gasteiger partial charge in [0.2, 0.25) is 5.91 Å². The van der Waals surface area contributed by atoms with Crippen LogP contribution in [0.3, 0.4) is 0 Å². The number of nitrogens with one attached hydrogen (secondary N) is 1. The zero-order valence-electron chi connectivity index (χ0n) is 20.1. The summed E-state index contributed by atoms with van der Waals surface area (Å²) in [6.07, 6.45) is 8.73. The summed E-state index contributed by atoms with van der Waals surface area (Å²) in [5.74, 6) is 2.49. The van der Waals surface area contributed by atoms with Crippen molar-refractivity contribution in [2.45, 2.75) is 38.6 Å². The maximum absolute atomic E-state index is 13.8. The molecule has 1 unspecified atom stereocenters. The summed E-state index contributed by atoms with van der Waals surface area (Å²) in [6.45, 7) is 6.98. The highest BCUT2D eigenvalue weighted by molar-refractivity contribution is 5.95. The summed E-state index contributed by atoms with van der Waals surface area (Å²) in [5, 5.41) is 1.29. The maximum atomic E-state index is 13.8. The molecule has 1 N–H and O–H groups in total. The summed E-state index contributed by atoms with van der Waals surface area (Å²) < 4.78 is 0. The molecular formula is C28H35N5O. The molecule has 0 radical (unpaired) electrons. The Morgan fingerprint density at radius 2 is 1.79 bits per heavy atom. The quantitative estimate of drug-likeness (QED) is 0.590. The molecule has 1 atom stereocenters. The van der Waals surface area contributed by atoms with Gasteiger partial charge in [-0.05, 0) is 74.8 Å². The Balaban J connectivity index is 1.15. The highest BCUT2D eigenvalue weighted by Gasteiger charge is 2.47. The van der Waals surface area contributed by atoms with Gasteiger partial charge in [0.25, 0.3) is 0 Å². The summed E-state index contributed by atoms with van der Waals surface area (Å²) in [6, 6.07) is 14.9. The van der Waals surface area contributed by atoms with Gasteiger partial charge in [0.05, 0.1) is 0 Å². The summed E-state index contributed by atoms with van der Waals surface area (Å²) in [7, 11) is 0. The zero-order valence-corrected chi connectivity index (χ0v) is 20.1. The Kier molecular flexibility index (Phi) is 5.77. The second kappa shape index (κ2) is 9.06. The van der Waals surface area contributed by atoms with Crippen molar-refractivity contribution < 1.29 is 4.79 Å². The van der Waals surface area contributed by atoms with Crippen LogP contribution in [0.25, 0.3) is 10.9 Å². The van der Waals surface area contributed by atoms with Crippen LogP contribution in [-0.4, -0.2) is 59.5 Å². The van der Waals surface area contributed by atoms with E-state index >= 15 is 0 Å². The van der Waals surface area contributed by atoms with Gasteiger partial charge in [-0.2, -0.15) is 0 Å². The van der Waals surface area contributed by atoms with Gasteiger partial charge < -0.3 is 9.88 Å². The van der Waals surface area contributed by atoms with Crippen LogP contribution >= 0.6 is 0 Å². The Hall–Kier alpha value is -2.86. The smallest absolute Gasteiger partial charge is 0.231 e. The van der Waals surface area contributed by atoms with Gasteiger partial charge in [-0.25, -0.2) is 4.98 Å². The van der Waals surface area contributed by atoms with Gasteiger partial charge in [-0.1, -0.05) is 12.1 Å². The number of hydrogen-bond donors (Lipinski definition) is 1. The average Bonchev–Trinajstić information content (AvgIpc) is 3.63. The first-order chi connectivity index (χ1) is 16.7. The Morgan fingerprint density at radius 1 is 1.03 bits per heavy atom. The molecule has 3 aliphatic rings. The number of fused-ring (bicyclic) bond motifs is 3. The first-order valence-electron chi connectivity index (χ1n) is 13.0. The first-order valence-corrected chi connectivity index (χ1v) is 13.0. The van der Waals surface area contributed by atoms with Crippen LogP contribution in [0.1, 0.15) is 32.6 Å². The molecule has 2 aromatic heterocycles. The Morgan fingerprint density at radius 3 is 2.50 bits per heavy atom. The molecule has 1 amide bonds. The third-order valence-corrected chi connectivity index (χ3v) is 8.61. The highest BCUT2D eigenvalue weighted by atomic mass is 16.2. The molecule has 0 spiro atoms. The van der Waals surface area contributed by atoms with E-state index in [1.807, 2.05) is 35.5 Å². The lowest BCUT2D eigenvalue weighted by Gasteiger charge is -2.41. The molecule has 3 aromatic rings. The minimum atomic E-state index is 0.202. The molecule has 6 rings (SSSR count). The standard InChI is InChI=1S/C28H35N5O/c1-20(31-15-17-32(18-16-31)25-6-4-5-24-23(25)12-14-29-24)19-33(26-7-2-3-13-30-26)28(34)27-21-8-9-22(27)11-10-21/h2-7,12-14,20-22,27,29H,8-11,15-19H2,1H3. The fraction of sp³-hybridized carbons (Fsp3) is 0.500. The molecule has 1 aromatic carbocycles. The lowest BCUT2D eigenvalue weighted by Crippen LogP contribution is -2.54. The van der Waals surface area contributed by atoms with E-state index in [1.165, 1.54) is 42.3 Å². The van der Waals surface area contributed by atoms with Crippen molar-refractivity contribution >= 4 is 28.3 Å². The Bertz CT molecular complexity index is 1120. The van der Waals surface area contributed by atoms with Crippen molar-refractivity contribution in [1.29, 1.82) is 0 Å². The largest absolute Gasteiger partial charge is 0.368 e. The molecule has 34 heavy (non-hydrogen) atoms. The highest BCUT2D eigenvalue weighted by Crippen LogP contribution is 2.50. The van der Waals surface area contributed by atoms with Crippen LogP contribution in [-0.2, 0) is 4.79 Å². The normalized spacial score (nSPS) is 25.7.